The Balaban J connectivity index is 1.90. The highest BCUT2D eigenvalue weighted by atomic mass is 16.5. The Hall–Kier alpha value is -2.21. The smallest absolute Gasteiger partial charge is 0.338 e. The second-order valence-electron chi connectivity index (χ2n) is 6.46. The molecule has 1 fully saturated rings. The first-order valence-electron chi connectivity index (χ1n) is 9.45. The van der Waals surface area contributed by atoms with Gasteiger partial charge in [0.1, 0.15) is 0 Å². The molecule has 1 N–H and O–H groups in total. The number of benzene rings is 1. The highest BCUT2D eigenvalue weighted by Gasteiger charge is 2.39. The molecule has 2 amide bonds. The maximum Gasteiger partial charge on any atom is 0.338 e. The van der Waals surface area contributed by atoms with Gasteiger partial charge < -0.3 is 10.1 Å². The quantitative estimate of drug-likeness (QED) is 0.394. The van der Waals surface area contributed by atoms with Crippen LogP contribution in [0.25, 0.3) is 0 Å². The molecule has 1 aliphatic rings. The normalized spacial score (nSPS) is 17.0. The third-order valence-electron chi connectivity index (χ3n) is 4.45. The van der Waals surface area contributed by atoms with Gasteiger partial charge in [-0.05, 0) is 44.2 Å². The van der Waals surface area contributed by atoms with Crippen LogP contribution in [0.4, 0.5) is 5.69 Å². The van der Waals surface area contributed by atoms with Gasteiger partial charge in [0.05, 0.1) is 30.3 Å². The van der Waals surface area contributed by atoms with Crippen LogP contribution >= 0.6 is 0 Å². The lowest BCUT2D eigenvalue weighted by Crippen LogP contribution is -2.39. The predicted octanol–water partition coefficient (Wildman–Crippen LogP) is 3.06. The van der Waals surface area contributed by atoms with Crippen molar-refractivity contribution in [1.82, 2.24) is 5.32 Å². The van der Waals surface area contributed by atoms with Gasteiger partial charge in [-0.1, -0.05) is 32.6 Å². The number of rotatable bonds is 10. The van der Waals surface area contributed by atoms with E-state index in [0.717, 1.165) is 19.4 Å². The summed E-state index contributed by atoms with van der Waals surface area (Å²) in [6, 6.07) is 5.90. The minimum absolute atomic E-state index is 0.174. The molecule has 1 saturated heterocycles. The fraction of sp³-hybridized carbons (Fsp3) is 0.550. The van der Waals surface area contributed by atoms with Gasteiger partial charge in [0.15, 0.2) is 0 Å². The summed E-state index contributed by atoms with van der Waals surface area (Å²) in [7, 11) is 0. The fourth-order valence-corrected chi connectivity index (χ4v) is 3.03. The number of ether oxygens (including phenoxy) is 1. The van der Waals surface area contributed by atoms with Gasteiger partial charge >= 0.3 is 5.97 Å². The van der Waals surface area contributed by atoms with Crippen LogP contribution in [0.15, 0.2) is 24.3 Å². The maximum absolute atomic E-state index is 12.6. The Morgan fingerprint density at radius 3 is 2.46 bits per heavy atom. The molecule has 1 atom stereocenters. The van der Waals surface area contributed by atoms with Gasteiger partial charge in [-0.15, -0.1) is 0 Å². The van der Waals surface area contributed by atoms with Crippen molar-refractivity contribution in [2.45, 2.75) is 58.4 Å². The second-order valence-corrected chi connectivity index (χ2v) is 6.46. The Morgan fingerprint density at radius 2 is 1.81 bits per heavy atom. The fourth-order valence-electron chi connectivity index (χ4n) is 3.03. The minimum atomic E-state index is -0.460. The standard InChI is InChI=1S/C20H28N2O4/c1-3-5-6-7-8-13-21-17-14-18(23)22(19(17)24)16-11-9-15(10-12-16)20(25)26-4-2/h9-12,17,21H,3-8,13-14H2,1-2H3/t17-/m1/s1. The minimum Gasteiger partial charge on any atom is -0.462 e. The molecule has 1 aliphatic heterocycles. The molecular weight excluding hydrogens is 332 g/mol. The number of nitrogens with zero attached hydrogens (tertiary/aromatic N) is 1. The highest BCUT2D eigenvalue weighted by molar-refractivity contribution is 6.22. The maximum atomic E-state index is 12.6. The van der Waals surface area contributed by atoms with E-state index in [9.17, 15) is 14.4 Å². The molecule has 1 aromatic carbocycles. The third kappa shape index (κ3) is 5.14. The molecular formula is C20H28N2O4. The van der Waals surface area contributed by atoms with E-state index in [-0.39, 0.29) is 18.2 Å². The van der Waals surface area contributed by atoms with Crippen molar-refractivity contribution < 1.29 is 19.1 Å². The molecule has 142 valence electrons. The Kier molecular flexibility index (Phi) is 7.78. The third-order valence-corrected chi connectivity index (χ3v) is 4.45. The van der Waals surface area contributed by atoms with Crippen LogP contribution in [0, 0.1) is 0 Å². The molecule has 0 saturated carbocycles. The van der Waals surface area contributed by atoms with Crippen molar-refractivity contribution in [1.29, 1.82) is 0 Å². The zero-order valence-electron chi connectivity index (χ0n) is 15.6. The van der Waals surface area contributed by atoms with E-state index in [1.807, 2.05) is 0 Å². The van der Waals surface area contributed by atoms with Gasteiger partial charge in [-0.25, -0.2) is 9.69 Å². The van der Waals surface area contributed by atoms with Crippen LogP contribution in [0.5, 0.6) is 0 Å². The van der Waals surface area contributed by atoms with Gasteiger partial charge in [0.2, 0.25) is 5.91 Å². The van der Waals surface area contributed by atoms with E-state index < -0.39 is 12.0 Å². The number of esters is 1. The summed E-state index contributed by atoms with van der Waals surface area (Å²) < 4.78 is 4.94. The topological polar surface area (TPSA) is 75.7 Å². The molecule has 0 unspecified atom stereocenters. The summed E-state index contributed by atoms with van der Waals surface area (Å²) in [5.74, 6) is -0.865. The first-order chi connectivity index (χ1) is 12.6. The number of hydrogen-bond acceptors (Lipinski definition) is 5. The van der Waals surface area contributed by atoms with Gasteiger partial charge in [-0.2, -0.15) is 0 Å². The van der Waals surface area contributed by atoms with Crippen LogP contribution in [0.3, 0.4) is 0 Å². The average molecular weight is 360 g/mol. The van der Waals surface area contributed by atoms with Gasteiger partial charge in [0, 0.05) is 0 Å². The van der Waals surface area contributed by atoms with E-state index >= 15 is 0 Å². The van der Waals surface area contributed by atoms with E-state index in [4.69, 9.17) is 4.74 Å². The van der Waals surface area contributed by atoms with Gasteiger partial charge in [-0.3, -0.25) is 9.59 Å². The first-order valence-corrected chi connectivity index (χ1v) is 9.45. The number of imide groups is 1. The molecule has 1 heterocycles. The van der Waals surface area contributed by atoms with Crippen LogP contribution in [0.1, 0.15) is 62.7 Å². The molecule has 0 spiro atoms. The number of nitrogens with one attached hydrogen (secondary N) is 1. The Labute approximate surface area is 154 Å². The number of carbonyl (C=O) groups is 3. The monoisotopic (exact) mass is 360 g/mol. The number of hydrogen-bond donors (Lipinski definition) is 1. The SMILES string of the molecule is CCCCCCCN[C@@H]1CC(=O)N(c2ccc(C(=O)OCC)cc2)C1=O. The largest absolute Gasteiger partial charge is 0.462 e. The van der Waals surface area contributed by atoms with E-state index in [0.29, 0.717) is 17.9 Å². The lowest BCUT2D eigenvalue weighted by molar-refractivity contribution is -0.121. The molecule has 2 rings (SSSR count). The first kappa shape index (κ1) is 20.1. The van der Waals surface area contributed by atoms with Crippen molar-refractivity contribution in [2.75, 3.05) is 18.1 Å². The molecule has 6 nitrogen and oxygen atoms in total. The molecule has 0 bridgehead atoms. The summed E-state index contributed by atoms with van der Waals surface area (Å²) in [5.41, 5.74) is 0.886. The van der Waals surface area contributed by atoms with Crippen LogP contribution in [0.2, 0.25) is 0 Å². The van der Waals surface area contributed by atoms with Gasteiger partial charge in [0.25, 0.3) is 5.91 Å². The summed E-state index contributed by atoms with van der Waals surface area (Å²) in [4.78, 5) is 37.7. The summed E-state index contributed by atoms with van der Waals surface area (Å²) >= 11 is 0. The van der Waals surface area contributed by atoms with E-state index in [1.165, 1.54) is 24.2 Å². The number of carbonyl (C=O) groups excluding carboxylic acids is 3. The molecule has 0 aromatic heterocycles. The molecule has 0 aliphatic carbocycles. The van der Waals surface area contributed by atoms with Crippen molar-refractivity contribution in [2.24, 2.45) is 0 Å². The molecule has 26 heavy (non-hydrogen) atoms. The Bertz CT molecular complexity index is 627. The van der Waals surface area contributed by atoms with Crippen molar-refractivity contribution in [3.05, 3.63) is 29.8 Å². The van der Waals surface area contributed by atoms with E-state index in [1.54, 1.807) is 31.2 Å². The highest BCUT2D eigenvalue weighted by Crippen LogP contribution is 2.23. The lowest BCUT2D eigenvalue weighted by Gasteiger charge is -2.16. The van der Waals surface area contributed by atoms with Crippen LogP contribution in [-0.2, 0) is 14.3 Å². The lowest BCUT2D eigenvalue weighted by atomic mass is 10.1. The average Bonchev–Trinajstić information content (AvgIpc) is 2.92. The molecule has 1 aromatic rings. The van der Waals surface area contributed by atoms with E-state index in [2.05, 4.69) is 12.2 Å². The van der Waals surface area contributed by atoms with Crippen LogP contribution in [-0.4, -0.2) is 37.0 Å². The second kappa shape index (κ2) is 10.1. The zero-order chi connectivity index (χ0) is 18.9. The zero-order valence-corrected chi connectivity index (χ0v) is 15.6. The molecule has 0 radical (unpaired) electrons. The van der Waals surface area contributed by atoms with Crippen molar-refractivity contribution >= 4 is 23.5 Å². The van der Waals surface area contributed by atoms with Crippen LogP contribution < -0.4 is 10.2 Å². The predicted molar refractivity (Wildman–Crippen MR) is 100 cm³/mol. The molecule has 6 heteroatoms. The van der Waals surface area contributed by atoms with Crippen molar-refractivity contribution in [3.8, 4) is 0 Å². The summed E-state index contributed by atoms with van der Waals surface area (Å²) in [6.45, 7) is 4.96. The summed E-state index contributed by atoms with van der Waals surface area (Å²) in [6.07, 6.45) is 5.95. The van der Waals surface area contributed by atoms with Crippen molar-refractivity contribution in [3.63, 3.8) is 0 Å². The number of amides is 2. The number of unbranched alkanes of at least 4 members (excludes halogenated alkanes) is 4. The summed E-state index contributed by atoms with van der Waals surface area (Å²) in [5, 5.41) is 3.20. The Morgan fingerprint density at radius 1 is 1.12 bits per heavy atom. The number of anilines is 1.